The lowest BCUT2D eigenvalue weighted by molar-refractivity contribution is 0.228. The molecule has 2 nitrogen and oxygen atoms in total. The van der Waals surface area contributed by atoms with Crippen molar-refractivity contribution in [1.29, 1.82) is 0 Å². The van der Waals surface area contributed by atoms with Gasteiger partial charge in [-0.3, -0.25) is 0 Å². The maximum absolute atomic E-state index is 5.98. The molecule has 0 aliphatic heterocycles. The average Bonchev–Trinajstić information content (AvgIpc) is 2.83. The van der Waals surface area contributed by atoms with Gasteiger partial charge in [-0.2, -0.15) is 0 Å². The molecule has 32 heavy (non-hydrogen) atoms. The molecule has 0 radical (unpaired) electrons. The summed E-state index contributed by atoms with van der Waals surface area (Å²) >= 11 is 0. The van der Waals surface area contributed by atoms with Crippen LogP contribution in [0.15, 0.2) is 24.3 Å². The molecule has 0 bridgehead atoms. The van der Waals surface area contributed by atoms with Gasteiger partial charge in [0.1, 0.15) is 11.5 Å². The third kappa shape index (κ3) is 12.8. The monoisotopic (exact) mass is 444 g/mol. The molecule has 184 valence electrons. The van der Waals surface area contributed by atoms with Gasteiger partial charge in [0.2, 0.25) is 0 Å². The van der Waals surface area contributed by atoms with Crippen LogP contribution in [0.3, 0.4) is 0 Å². The predicted octanol–water partition coefficient (Wildman–Crippen LogP) is 9.75. The van der Waals surface area contributed by atoms with Gasteiger partial charge in [0.05, 0.1) is 13.2 Å². The SMILES string of the molecule is CCCCCCCCCCOc1ccc(OCCCC2CCC(CCCCC)CC2)cc1. The summed E-state index contributed by atoms with van der Waals surface area (Å²) in [6, 6.07) is 8.23. The molecule has 0 unspecified atom stereocenters. The molecule has 0 amide bonds. The third-order valence-electron chi connectivity index (χ3n) is 7.30. The summed E-state index contributed by atoms with van der Waals surface area (Å²) in [5.41, 5.74) is 0. The first-order valence-electron chi connectivity index (χ1n) is 14.2. The Morgan fingerprint density at radius 1 is 0.531 bits per heavy atom. The maximum Gasteiger partial charge on any atom is 0.119 e. The molecule has 1 aliphatic carbocycles. The normalized spacial score (nSPS) is 18.6. The highest BCUT2D eigenvalue weighted by molar-refractivity contribution is 5.31. The lowest BCUT2D eigenvalue weighted by atomic mass is 9.78. The Kier molecular flexibility index (Phi) is 15.5. The Balaban J connectivity index is 1.45. The number of benzene rings is 1. The molecular formula is C30H52O2. The number of rotatable bonds is 19. The largest absolute Gasteiger partial charge is 0.494 e. The molecule has 2 heteroatoms. The molecule has 0 heterocycles. The van der Waals surface area contributed by atoms with Crippen LogP contribution >= 0.6 is 0 Å². The Morgan fingerprint density at radius 2 is 0.938 bits per heavy atom. The Morgan fingerprint density at radius 3 is 1.47 bits per heavy atom. The zero-order valence-corrected chi connectivity index (χ0v) is 21.4. The molecule has 1 aromatic rings. The van der Waals surface area contributed by atoms with E-state index in [-0.39, 0.29) is 0 Å². The van der Waals surface area contributed by atoms with E-state index in [0.717, 1.165) is 43.0 Å². The van der Waals surface area contributed by atoms with Gasteiger partial charge in [-0.15, -0.1) is 0 Å². The average molecular weight is 445 g/mol. The van der Waals surface area contributed by atoms with E-state index in [0.29, 0.717) is 0 Å². The second-order valence-electron chi connectivity index (χ2n) is 10.2. The van der Waals surface area contributed by atoms with Crippen molar-refractivity contribution in [3.8, 4) is 11.5 Å². The Bertz CT molecular complexity index is 530. The van der Waals surface area contributed by atoms with E-state index >= 15 is 0 Å². The van der Waals surface area contributed by atoms with Crippen LogP contribution < -0.4 is 9.47 Å². The van der Waals surface area contributed by atoms with E-state index in [4.69, 9.17) is 9.47 Å². The van der Waals surface area contributed by atoms with Crippen LogP contribution in [0.4, 0.5) is 0 Å². The zero-order chi connectivity index (χ0) is 22.7. The van der Waals surface area contributed by atoms with Crippen LogP contribution in [0.25, 0.3) is 0 Å². The molecule has 0 aromatic heterocycles. The van der Waals surface area contributed by atoms with E-state index in [1.807, 2.05) is 0 Å². The van der Waals surface area contributed by atoms with Gasteiger partial charge in [0.25, 0.3) is 0 Å². The molecule has 0 spiro atoms. The maximum atomic E-state index is 5.98. The molecule has 1 aromatic carbocycles. The van der Waals surface area contributed by atoms with Gasteiger partial charge in [-0.25, -0.2) is 0 Å². The lowest BCUT2D eigenvalue weighted by Crippen LogP contribution is -2.15. The van der Waals surface area contributed by atoms with Gasteiger partial charge in [0.15, 0.2) is 0 Å². The molecule has 1 saturated carbocycles. The molecule has 1 aliphatic rings. The third-order valence-corrected chi connectivity index (χ3v) is 7.30. The van der Waals surface area contributed by atoms with Crippen LogP contribution in [0.1, 0.15) is 129 Å². The van der Waals surface area contributed by atoms with E-state index in [1.54, 1.807) is 0 Å². The number of hydrogen-bond donors (Lipinski definition) is 0. The quantitative estimate of drug-likeness (QED) is 0.198. The Labute approximate surface area is 199 Å². The second-order valence-corrected chi connectivity index (χ2v) is 10.2. The van der Waals surface area contributed by atoms with Crippen molar-refractivity contribution in [2.75, 3.05) is 13.2 Å². The molecule has 0 atom stereocenters. The topological polar surface area (TPSA) is 18.5 Å². The second kappa shape index (κ2) is 18.3. The van der Waals surface area contributed by atoms with Gasteiger partial charge < -0.3 is 9.47 Å². The fraction of sp³-hybridized carbons (Fsp3) is 0.800. The van der Waals surface area contributed by atoms with E-state index < -0.39 is 0 Å². The highest BCUT2D eigenvalue weighted by atomic mass is 16.5. The van der Waals surface area contributed by atoms with Gasteiger partial charge in [-0.05, 0) is 55.4 Å². The summed E-state index contributed by atoms with van der Waals surface area (Å²) in [5, 5.41) is 0. The van der Waals surface area contributed by atoms with Crippen molar-refractivity contribution >= 4 is 0 Å². The molecule has 1 fully saturated rings. The predicted molar refractivity (Wildman–Crippen MR) is 139 cm³/mol. The highest BCUT2D eigenvalue weighted by Crippen LogP contribution is 2.34. The van der Waals surface area contributed by atoms with E-state index in [2.05, 4.69) is 38.1 Å². The van der Waals surface area contributed by atoms with Crippen molar-refractivity contribution < 1.29 is 9.47 Å². The minimum absolute atomic E-state index is 0.829. The van der Waals surface area contributed by atoms with Gasteiger partial charge >= 0.3 is 0 Å². The van der Waals surface area contributed by atoms with Crippen molar-refractivity contribution in [3.63, 3.8) is 0 Å². The summed E-state index contributed by atoms with van der Waals surface area (Å²) in [6.45, 7) is 6.25. The molecular weight excluding hydrogens is 392 g/mol. The van der Waals surface area contributed by atoms with Crippen LogP contribution in [0.5, 0.6) is 11.5 Å². The number of unbranched alkanes of at least 4 members (excludes halogenated alkanes) is 9. The minimum Gasteiger partial charge on any atom is -0.494 e. The summed E-state index contributed by atoms with van der Waals surface area (Å²) in [6.07, 6.45) is 24.7. The summed E-state index contributed by atoms with van der Waals surface area (Å²) in [4.78, 5) is 0. The fourth-order valence-corrected chi connectivity index (χ4v) is 5.11. The van der Waals surface area contributed by atoms with E-state index in [1.165, 1.54) is 109 Å². The minimum atomic E-state index is 0.829. The zero-order valence-electron chi connectivity index (χ0n) is 21.4. The van der Waals surface area contributed by atoms with E-state index in [9.17, 15) is 0 Å². The Hall–Kier alpha value is -1.18. The van der Waals surface area contributed by atoms with Crippen molar-refractivity contribution in [2.45, 2.75) is 129 Å². The summed E-state index contributed by atoms with van der Waals surface area (Å²) < 4.78 is 11.9. The van der Waals surface area contributed by atoms with Crippen molar-refractivity contribution in [3.05, 3.63) is 24.3 Å². The van der Waals surface area contributed by atoms with Crippen LogP contribution in [0, 0.1) is 11.8 Å². The summed E-state index contributed by atoms with van der Waals surface area (Å²) in [5.74, 6) is 3.90. The van der Waals surface area contributed by atoms with Crippen LogP contribution in [0.2, 0.25) is 0 Å². The highest BCUT2D eigenvalue weighted by Gasteiger charge is 2.20. The van der Waals surface area contributed by atoms with Crippen molar-refractivity contribution in [1.82, 2.24) is 0 Å². The molecule has 2 rings (SSSR count). The van der Waals surface area contributed by atoms with Gasteiger partial charge in [0, 0.05) is 0 Å². The van der Waals surface area contributed by atoms with Crippen molar-refractivity contribution in [2.24, 2.45) is 11.8 Å². The first-order valence-corrected chi connectivity index (χ1v) is 14.2. The molecule has 0 N–H and O–H groups in total. The van der Waals surface area contributed by atoms with Crippen LogP contribution in [-0.4, -0.2) is 13.2 Å². The van der Waals surface area contributed by atoms with Crippen LogP contribution in [-0.2, 0) is 0 Å². The number of ether oxygens (including phenoxy) is 2. The smallest absolute Gasteiger partial charge is 0.119 e. The molecule has 0 saturated heterocycles. The standard InChI is InChI=1S/C30H52O2/c1-3-5-7-8-9-10-11-13-25-31-29-21-23-30(24-22-29)32-26-14-16-28-19-17-27(18-20-28)15-12-6-4-2/h21-24,27-28H,3-20,25-26H2,1-2H3. The first kappa shape index (κ1) is 27.1. The fourth-order valence-electron chi connectivity index (χ4n) is 5.11. The first-order chi connectivity index (χ1) is 15.8. The number of hydrogen-bond acceptors (Lipinski definition) is 2. The van der Waals surface area contributed by atoms with Gasteiger partial charge in [-0.1, -0.05) is 110 Å². The summed E-state index contributed by atoms with van der Waals surface area (Å²) in [7, 11) is 0. The lowest BCUT2D eigenvalue weighted by Gasteiger charge is -2.28.